The van der Waals surface area contributed by atoms with Gasteiger partial charge in [0.1, 0.15) is 0 Å². The monoisotopic (exact) mass is 387 g/mol. The molecule has 0 saturated heterocycles. The van der Waals surface area contributed by atoms with E-state index in [0.29, 0.717) is 22.0 Å². The van der Waals surface area contributed by atoms with Crippen LogP contribution in [0.25, 0.3) is 0 Å². The topological polar surface area (TPSA) is 88.2 Å². The van der Waals surface area contributed by atoms with Gasteiger partial charge >= 0.3 is 0 Å². The molecule has 0 aliphatic rings. The van der Waals surface area contributed by atoms with E-state index in [1.54, 1.807) is 42.6 Å². The first-order valence-electron chi connectivity index (χ1n) is 7.54. The third kappa shape index (κ3) is 4.19. The molecular weight excluding hydrogens is 374 g/mol. The van der Waals surface area contributed by atoms with Crippen LogP contribution in [0.1, 0.15) is 10.4 Å². The van der Waals surface area contributed by atoms with Crippen LogP contribution >= 0.6 is 11.6 Å². The van der Waals surface area contributed by atoms with Crippen molar-refractivity contribution < 1.29 is 13.2 Å². The highest BCUT2D eigenvalue weighted by molar-refractivity contribution is 7.92. The lowest BCUT2D eigenvalue weighted by Crippen LogP contribution is -2.14. The SMILES string of the molecule is O=C(Nc1ccc(S(=O)(=O)Nc2cccnc2)cc1)c1ccccc1Cl. The molecule has 2 aromatic carbocycles. The molecule has 0 fully saturated rings. The fourth-order valence-electron chi connectivity index (χ4n) is 2.20. The van der Waals surface area contributed by atoms with Crippen molar-refractivity contribution >= 4 is 38.9 Å². The van der Waals surface area contributed by atoms with Gasteiger partial charge in [0, 0.05) is 11.9 Å². The molecule has 3 aromatic rings. The van der Waals surface area contributed by atoms with Crippen LogP contribution in [0.3, 0.4) is 0 Å². The quantitative estimate of drug-likeness (QED) is 0.697. The maximum atomic E-state index is 12.4. The van der Waals surface area contributed by atoms with E-state index in [2.05, 4.69) is 15.0 Å². The highest BCUT2D eigenvalue weighted by Crippen LogP contribution is 2.20. The molecule has 8 heteroatoms. The smallest absolute Gasteiger partial charge is 0.261 e. The average Bonchev–Trinajstić information content (AvgIpc) is 2.63. The number of amides is 1. The third-order valence-electron chi connectivity index (χ3n) is 3.45. The lowest BCUT2D eigenvalue weighted by molar-refractivity contribution is 0.102. The zero-order valence-corrected chi connectivity index (χ0v) is 15.0. The summed E-state index contributed by atoms with van der Waals surface area (Å²) in [5.41, 5.74) is 1.16. The van der Waals surface area contributed by atoms with Crippen LogP contribution in [0.4, 0.5) is 11.4 Å². The molecule has 0 radical (unpaired) electrons. The first-order chi connectivity index (χ1) is 12.5. The van der Waals surface area contributed by atoms with Crippen molar-refractivity contribution in [3.63, 3.8) is 0 Å². The van der Waals surface area contributed by atoms with Gasteiger partial charge in [0.25, 0.3) is 15.9 Å². The molecule has 1 amide bonds. The standard InChI is InChI=1S/C18H14ClN3O3S/c19-17-6-2-1-5-16(17)18(23)21-13-7-9-15(10-8-13)26(24,25)22-14-4-3-11-20-12-14/h1-12,22H,(H,21,23). The summed E-state index contributed by atoms with van der Waals surface area (Å²) in [5, 5.41) is 3.02. The fraction of sp³-hybridized carbons (Fsp3) is 0. The molecule has 0 aliphatic heterocycles. The maximum absolute atomic E-state index is 12.4. The number of nitrogens with one attached hydrogen (secondary N) is 2. The van der Waals surface area contributed by atoms with Gasteiger partial charge in [-0.05, 0) is 48.5 Å². The van der Waals surface area contributed by atoms with Crippen molar-refractivity contribution in [1.82, 2.24) is 4.98 Å². The number of benzene rings is 2. The van der Waals surface area contributed by atoms with Gasteiger partial charge in [-0.2, -0.15) is 0 Å². The van der Waals surface area contributed by atoms with Crippen molar-refractivity contribution in [2.24, 2.45) is 0 Å². The van der Waals surface area contributed by atoms with Crippen molar-refractivity contribution in [2.75, 3.05) is 10.0 Å². The summed E-state index contributed by atoms with van der Waals surface area (Å²) < 4.78 is 27.1. The van der Waals surface area contributed by atoms with Gasteiger partial charge < -0.3 is 5.32 Å². The number of sulfonamides is 1. The fourth-order valence-corrected chi connectivity index (χ4v) is 3.46. The third-order valence-corrected chi connectivity index (χ3v) is 5.18. The van der Waals surface area contributed by atoms with Gasteiger partial charge in [0.15, 0.2) is 0 Å². The second kappa shape index (κ2) is 7.55. The van der Waals surface area contributed by atoms with E-state index in [0.717, 1.165) is 0 Å². The van der Waals surface area contributed by atoms with Crippen LogP contribution in [-0.2, 0) is 10.0 Å². The minimum atomic E-state index is -3.74. The normalized spacial score (nSPS) is 11.0. The van der Waals surface area contributed by atoms with Gasteiger partial charge in [0.2, 0.25) is 0 Å². The Morgan fingerprint density at radius 3 is 2.31 bits per heavy atom. The number of anilines is 2. The van der Waals surface area contributed by atoms with E-state index >= 15 is 0 Å². The molecule has 0 unspecified atom stereocenters. The zero-order chi connectivity index (χ0) is 18.6. The Kier molecular flexibility index (Phi) is 5.20. The van der Waals surface area contributed by atoms with E-state index in [1.807, 2.05) is 0 Å². The summed E-state index contributed by atoms with van der Waals surface area (Å²) in [6.07, 6.45) is 2.96. The van der Waals surface area contributed by atoms with Crippen LogP contribution in [0, 0.1) is 0 Å². The summed E-state index contributed by atoms with van der Waals surface area (Å²) in [6, 6.07) is 15.7. The molecule has 0 saturated carbocycles. The van der Waals surface area contributed by atoms with Crippen LogP contribution in [-0.4, -0.2) is 19.3 Å². The molecule has 0 spiro atoms. The molecule has 1 heterocycles. The Labute approximate surface area is 155 Å². The highest BCUT2D eigenvalue weighted by Gasteiger charge is 2.15. The zero-order valence-electron chi connectivity index (χ0n) is 13.4. The predicted molar refractivity (Wildman–Crippen MR) is 101 cm³/mol. The van der Waals surface area contributed by atoms with Crippen LogP contribution in [0.2, 0.25) is 5.02 Å². The number of hydrogen-bond acceptors (Lipinski definition) is 4. The Hall–Kier alpha value is -2.90. The van der Waals surface area contributed by atoms with Crippen molar-refractivity contribution in [3.05, 3.63) is 83.6 Å². The van der Waals surface area contributed by atoms with Crippen molar-refractivity contribution in [2.45, 2.75) is 4.90 Å². The maximum Gasteiger partial charge on any atom is 0.261 e. The Balaban J connectivity index is 1.74. The number of rotatable bonds is 5. The number of carbonyl (C=O) groups excluding carboxylic acids is 1. The van der Waals surface area contributed by atoms with E-state index < -0.39 is 10.0 Å². The lowest BCUT2D eigenvalue weighted by atomic mass is 10.2. The number of hydrogen-bond donors (Lipinski definition) is 2. The molecule has 26 heavy (non-hydrogen) atoms. The minimum absolute atomic E-state index is 0.0668. The largest absolute Gasteiger partial charge is 0.322 e. The summed E-state index contributed by atoms with van der Waals surface area (Å²) in [6.45, 7) is 0. The molecule has 0 aliphatic carbocycles. The van der Waals surface area contributed by atoms with Gasteiger partial charge in [-0.1, -0.05) is 23.7 Å². The number of pyridine rings is 1. The van der Waals surface area contributed by atoms with Gasteiger partial charge in [-0.3, -0.25) is 14.5 Å². The van der Waals surface area contributed by atoms with Gasteiger partial charge in [0.05, 0.1) is 27.4 Å². The minimum Gasteiger partial charge on any atom is -0.322 e. The van der Waals surface area contributed by atoms with Crippen molar-refractivity contribution in [3.8, 4) is 0 Å². The highest BCUT2D eigenvalue weighted by atomic mass is 35.5. The van der Waals surface area contributed by atoms with Crippen molar-refractivity contribution in [1.29, 1.82) is 0 Å². The van der Waals surface area contributed by atoms with E-state index in [9.17, 15) is 13.2 Å². The van der Waals surface area contributed by atoms with Crippen LogP contribution < -0.4 is 10.0 Å². The molecule has 1 aromatic heterocycles. The Morgan fingerprint density at radius 1 is 0.923 bits per heavy atom. The van der Waals surface area contributed by atoms with Gasteiger partial charge in [-0.15, -0.1) is 0 Å². The molecule has 132 valence electrons. The number of halogens is 1. The summed E-state index contributed by atoms with van der Waals surface area (Å²) in [7, 11) is -3.74. The molecule has 0 atom stereocenters. The average molecular weight is 388 g/mol. The second-order valence-corrected chi connectivity index (χ2v) is 7.40. The lowest BCUT2D eigenvalue weighted by Gasteiger charge is -2.09. The molecule has 6 nitrogen and oxygen atoms in total. The molecule has 3 rings (SSSR count). The molecule has 2 N–H and O–H groups in total. The summed E-state index contributed by atoms with van der Waals surface area (Å²) in [5.74, 6) is -0.375. The van der Waals surface area contributed by atoms with E-state index in [4.69, 9.17) is 11.6 Å². The first-order valence-corrected chi connectivity index (χ1v) is 9.40. The van der Waals surface area contributed by atoms with E-state index in [1.165, 1.54) is 30.5 Å². The Bertz CT molecular complexity index is 1020. The van der Waals surface area contributed by atoms with E-state index in [-0.39, 0.29) is 10.8 Å². The molecule has 0 bridgehead atoms. The number of aromatic nitrogens is 1. The van der Waals surface area contributed by atoms with Gasteiger partial charge in [-0.25, -0.2) is 8.42 Å². The van der Waals surface area contributed by atoms with Crippen LogP contribution in [0.15, 0.2) is 78.0 Å². The predicted octanol–water partition coefficient (Wildman–Crippen LogP) is 3.79. The first kappa shape index (κ1) is 17.9. The summed E-state index contributed by atoms with van der Waals surface area (Å²) in [4.78, 5) is 16.2. The summed E-state index contributed by atoms with van der Waals surface area (Å²) >= 11 is 5.99. The molecular formula is C18H14ClN3O3S. The second-order valence-electron chi connectivity index (χ2n) is 5.31. The number of carbonyl (C=O) groups is 1. The number of nitrogens with zero attached hydrogens (tertiary/aromatic N) is 1. The Morgan fingerprint density at radius 2 is 1.65 bits per heavy atom. The van der Waals surface area contributed by atoms with Crippen LogP contribution in [0.5, 0.6) is 0 Å².